The predicted molar refractivity (Wildman–Crippen MR) is 144 cm³/mol. The fourth-order valence-corrected chi connectivity index (χ4v) is 4.57. The summed E-state index contributed by atoms with van der Waals surface area (Å²) in [5.74, 6) is 2.88. The molecule has 190 valence electrons. The van der Waals surface area contributed by atoms with E-state index in [0.717, 1.165) is 48.7 Å². The largest absolute Gasteiger partial charge is 0.493 e. The molecule has 0 unspecified atom stereocenters. The van der Waals surface area contributed by atoms with Crippen molar-refractivity contribution < 1.29 is 19.0 Å². The van der Waals surface area contributed by atoms with Gasteiger partial charge in [-0.15, -0.1) is 0 Å². The summed E-state index contributed by atoms with van der Waals surface area (Å²) in [5.41, 5.74) is 1.84. The highest BCUT2D eigenvalue weighted by atomic mass is 16.5. The van der Waals surface area contributed by atoms with Gasteiger partial charge in [0.05, 0.1) is 32.4 Å². The first-order chi connectivity index (χ1) is 18.1. The maximum atomic E-state index is 13.6. The Bertz CT molecular complexity index is 1380. The van der Waals surface area contributed by atoms with Crippen LogP contribution in [0.4, 0.5) is 17.3 Å². The average molecular weight is 500 g/mol. The second kappa shape index (κ2) is 10.6. The topological polar surface area (TPSA) is 89.1 Å². The molecule has 0 radical (unpaired) electrons. The number of carbonyl (C=O) groups excluding carboxylic acids is 1. The maximum absolute atomic E-state index is 13.6. The van der Waals surface area contributed by atoms with Crippen molar-refractivity contribution in [2.45, 2.75) is 0 Å². The summed E-state index contributed by atoms with van der Waals surface area (Å²) >= 11 is 0. The molecule has 1 aliphatic rings. The van der Waals surface area contributed by atoms with Gasteiger partial charge in [-0.2, -0.15) is 0 Å². The van der Waals surface area contributed by atoms with E-state index in [9.17, 15) is 4.79 Å². The van der Waals surface area contributed by atoms with Crippen molar-refractivity contribution in [2.24, 2.45) is 0 Å². The van der Waals surface area contributed by atoms with Crippen LogP contribution in [0.3, 0.4) is 0 Å². The molecule has 2 aromatic carbocycles. The SMILES string of the molecule is COc1cc(NC(=O)c2cc(N3CCN(c4ccccn4)CC3)nc3ccccc23)cc(OC)c1OC. The first kappa shape index (κ1) is 24.2. The van der Waals surface area contributed by atoms with Crippen LogP contribution in [0.25, 0.3) is 10.9 Å². The second-order valence-electron chi connectivity index (χ2n) is 8.58. The van der Waals surface area contributed by atoms with E-state index in [1.54, 1.807) is 33.5 Å². The molecule has 9 nitrogen and oxygen atoms in total. The van der Waals surface area contributed by atoms with Crippen LogP contribution >= 0.6 is 0 Å². The number of anilines is 3. The fraction of sp³-hybridized carbons (Fsp3) is 0.250. The molecule has 0 spiro atoms. The molecule has 1 N–H and O–H groups in total. The Morgan fingerprint density at radius 2 is 1.46 bits per heavy atom. The highest BCUT2D eigenvalue weighted by Gasteiger charge is 2.22. The standard InChI is InChI=1S/C28H29N5O4/c1-35-23-16-19(17-24(36-2)27(23)37-3)30-28(34)21-18-26(31-22-9-5-4-8-20(21)22)33-14-12-32(13-15-33)25-10-6-7-11-29-25/h4-11,16-18H,12-15H2,1-3H3,(H,30,34). The lowest BCUT2D eigenvalue weighted by Gasteiger charge is -2.36. The van der Waals surface area contributed by atoms with Gasteiger partial charge in [-0.3, -0.25) is 4.79 Å². The number of nitrogens with one attached hydrogen (secondary N) is 1. The zero-order valence-electron chi connectivity index (χ0n) is 21.1. The van der Waals surface area contributed by atoms with Crippen LogP contribution in [0.2, 0.25) is 0 Å². The van der Waals surface area contributed by atoms with Gasteiger partial charge in [0.15, 0.2) is 11.5 Å². The highest BCUT2D eigenvalue weighted by molar-refractivity contribution is 6.13. The monoisotopic (exact) mass is 499 g/mol. The Kier molecular flexibility index (Phi) is 6.93. The van der Waals surface area contributed by atoms with E-state index in [2.05, 4.69) is 20.1 Å². The molecule has 3 heterocycles. The number of benzene rings is 2. The van der Waals surface area contributed by atoms with Gasteiger partial charge in [-0.05, 0) is 24.3 Å². The van der Waals surface area contributed by atoms with Gasteiger partial charge in [0, 0.05) is 55.6 Å². The molecular formula is C28H29N5O4. The molecule has 1 aliphatic heterocycles. The first-order valence-electron chi connectivity index (χ1n) is 12.0. The molecule has 4 aromatic rings. The molecule has 5 rings (SSSR count). The maximum Gasteiger partial charge on any atom is 0.256 e. The van der Waals surface area contributed by atoms with Crippen molar-refractivity contribution in [3.63, 3.8) is 0 Å². The molecular weight excluding hydrogens is 470 g/mol. The summed E-state index contributed by atoms with van der Waals surface area (Å²) in [6, 6.07) is 18.9. The van der Waals surface area contributed by atoms with Crippen LogP contribution in [0, 0.1) is 0 Å². The lowest BCUT2D eigenvalue weighted by atomic mass is 10.1. The molecule has 2 aromatic heterocycles. The number of aromatic nitrogens is 2. The van der Waals surface area contributed by atoms with Gasteiger partial charge in [0.2, 0.25) is 5.75 Å². The summed E-state index contributed by atoms with van der Waals surface area (Å²) in [5, 5.41) is 3.77. The van der Waals surface area contributed by atoms with E-state index < -0.39 is 0 Å². The zero-order valence-corrected chi connectivity index (χ0v) is 21.1. The van der Waals surface area contributed by atoms with Gasteiger partial charge in [-0.1, -0.05) is 24.3 Å². The minimum atomic E-state index is -0.249. The summed E-state index contributed by atoms with van der Waals surface area (Å²) in [6.45, 7) is 3.18. The third kappa shape index (κ3) is 4.93. The number of nitrogens with zero attached hydrogens (tertiary/aromatic N) is 4. The normalized spacial score (nSPS) is 13.4. The second-order valence-corrected chi connectivity index (χ2v) is 8.58. The number of amides is 1. The van der Waals surface area contributed by atoms with Gasteiger partial charge >= 0.3 is 0 Å². The number of piperazine rings is 1. The summed E-state index contributed by atoms with van der Waals surface area (Å²) in [7, 11) is 4.62. The predicted octanol–water partition coefficient (Wildman–Crippen LogP) is 4.23. The summed E-state index contributed by atoms with van der Waals surface area (Å²) in [6.07, 6.45) is 1.81. The van der Waals surface area contributed by atoms with E-state index in [-0.39, 0.29) is 5.91 Å². The minimum absolute atomic E-state index is 0.249. The Hall–Kier alpha value is -4.53. The van der Waals surface area contributed by atoms with Crippen LogP contribution in [-0.2, 0) is 0 Å². The van der Waals surface area contributed by atoms with Crippen LogP contribution in [0.5, 0.6) is 17.2 Å². The average Bonchev–Trinajstić information content (AvgIpc) is 2.96. The lowest BCUT2D eigenvalue weighted by molar-refractivity contribution is 0.102. The first-order valence-corrected chi connectivity index (χ1v) is 12.0. The van der Waals surface area contributed by atoms with Crippen LogP contribution < -0.4 is 29.3 Å². The molecule has 9 heteroatoms. The Balaban J connectivity index is 1.43. The Morgan fingerprint density at radius 3 is 2.08 bits per heavy atom. The quantitative estimate of drug-likeness (QED) is 0.404. The molecule has 37 heavy (non-hydrogen) atoms. The van der Waals surface area contributed by atoms with E-state index in [4.69, 9.17) is 19.2 Å². The smallest absolute Gasteiger partial charge is 0.256 e. The molecule has 0 bridgehead atoms. The number of methoxy groups -OCH3 is 3. The number of ether oxygens (including phenoxy) is 3. The number of hydrogen-bond acceptors (Lipinski definition) is 8. The van der Waals surface area contributed by atoms with Crippen LogP contribution in [0.15, 0.2) is 66.9 Å². The van der Waals surface area contributed by atoms with Gasteiger partial charge in [0.25, 0.3) is 5.91 Å². The molecule has 0 saturated carbocycles. The van der Waals surface area contributed by atoms with Gasteiger partial charge < -0.3 is 29.3 Å². The number of pyridine rings is 2. The van der Waals surface area contributed by atoms with E-state index >= 15 is 0 Å². The van der Waals surface area contributed by atoms with E-state index in [1.165, 1.54) is 0 Å². The molecule has 1 amide bonds. The number of carbonyl (C=O) groups is 1. The third-order valence-electron chi connectivity index (χ3n) is 6.45. The van der Waals surface area contributed by atoms with Crippen molar-refractivity contribution in [3.05, 3.63) is 72.4 Å². The molecule has 0 atom stereocenters. The van der Waals surface area contributed by atoms with Gasteiger partial charge in [0.1, 0.15) is 11.6 Å². The molecule has 1 fully saturated rings. The minimum Gasteiger partial charge on any atom is -0.493 e. The van der Waals surface area contributed by atoms with Crippen LogP contribution in [0.1, 0.15) is 10.4 Å². The zero-order chi connectivity index (χ0) is 25.8. The number of rotatable bonds is 7. The van der Waals surface area contributed by atoms with Crippen molar-refractivity contribution in [1.29, 1.82) is 0 Å². The number of fused-ring (bicyclic) bond motifs is 1. The third-order valence-corrected chi connectivity index (χ3v) is 6.45. The van der Waals surface area contributed by atoms with Crippen molar-refractivity contribution in [1.82, 2.24) is 9.97 Å². The highest BCUT2D eigenvalue weighted by Crippen LogP contribution is 2.40. The Labute approximate surface area is 215 Å². The van der Waals surface area contributed by atoms with E-state index in [0.29, 0.717) is 28.5 Å². The summed E-state index contributed by atoms with van der Waals surface area (Å²) < 4.78 is 16.3. The van der Waals surface area contributed by atoms with E-state index in [1.807, 2.05) is 54.7 Å². The number of para-hydroxylation sites is 1. The summed E-state index contributed by atoms with van der Waals surface area (Å²) in [4.78, 5) is 27.4. The lowest BCUT2D eigenvalue weighted by Crippen LogP contribution is -2.47. The van der Waals surface area contributed by atoms with Crippen molar-refractivity contribution in [3.8, 4) is 17.2 Å². The van der Waals surface area contributed by atoms with Gasteiger partial charge in [-0.25, -0.2) is 9.97 Å². The number of hydrogen-bond donors (Lipinski definition) is 1. The molecule has 1 saturated heterocycles. The fourth-order valence-electron chi connectivity index (χ4n) is 4.57. The van der Waals surface area contributed by atoms with Crippen molar-refractivity contribution >= 4 is 34.1 Å². The van der Waals surface area contributed by atoms with Crippen molar-refractivity contribution in [2.75, 3.05) is 62.6 Å². The molecule has 0 aliphatic carbocycles. The Morgan fingerprint density at radius 1 is 0.811 bits per heavy atom. The van der Waals surface area contributed by atoms with Crippen LogP contribution in [-0.4, -0.2) is 63.4 Å².